The summed E-state index contributed by atoms with van der Waals surface area (Å²) in [7, 11) is -3.75. The molecule has 1 aliphatic rings. The lowest BCUT2D eigenvalue weighted by atomic mass is 10.1. The molecule has 160 valence electrons. The molecule has 1 saturated carbocycles. The van der Waals surface area contributed by atoms with Gasteiger partial charge >= 0.3 is 0 Å². The Balaban J connectivity index is 1.69. The van der Waals surface area contributed by atoms with Crippen molar-refractivity contribution in [1.29, 1.82) is 0 Å². The fraction of sp³-hybridized carbons (Fsp3) is 0.333. The number of halogens is 1. The summed E-state index contributed by atoms with van der Waals surface area (Å²) in [5, 5.41) is 5.76. The first-order chi connectivity index (χ1) is 14.2. The standard InChI is InChI=1S/C21H24ClN3O4S/c1-13(2)25-30(28,29)17-8-9-19(22)18(11-17)21(27)23-12-14-4-3-5-16(10-14)24-20(26)15-6-7-15/h3-5,8-11,13,15,25H,6-7,12H2,1-2H3,(H,23,27)(H,24,26). The highest BCUT2D eigenvalue weighted by Crippen LogP contribution is 2.30. The van der Waals surface area contributed by atoms with E-state index >= 15 is 0 Å². The molecule has 7 nitrogen and oxygen atoms in total. The lowest BCUT2D eigenvalue weighted by Gasteiger charge is -2.12. The van der Waals surface area contributed by atoms with Gasteiger partial charge in [-0.3, -0.25) is 9.59 Å². The third-order valence-corrected chi connectivity index (χ3v) is 6.47. The maximum absolute atomic E-state index is 12.6. The van der Waals surface area contributed by atoms with E-state index in [-0.39, 0.29) is 39.9 Å². The van der Waals surface area contributed by atoms with Crippen molar-refractivity contribution in [1.82, 2.24) is 10.0 Å². The minimum atomic E-state index is -3.75. The molecule has 0 heterocycles. The van der Waals surface area contributed by atoms with Crippen LogP contribution in [0.5, 0.6) is 0 Å². The van der Waals surface area contributed by atoms with E-state index in [9.17, 15) is 18.0 Å². The van der Waals surface area contributed by atoms with Crippen LogP contribution in [0.4, 0.5) is 5.69 Å². The number of sulfonamides is 1. The Bertz CT molecular complexity index is 1070. The van der Waals surface area contributed by atoms with Gasteiger partial charge < -0.3 is 10.6 Å². The quantitative estimate of drug-likeness (QED) is 0.575. The smallest absolute Gasteiger partial charge is 0.253 e. The number of benzene rings is 2. The van der Waals surface area contributed by atoms with Crippen LogP contribution >= 0.6 is 11.6 Å². The van der Waals surface area contributed by atoms with Gasteiger partial charge in [0, 0.05) is 24.2 Å². The second-order valence-corrected chi connectivity index (χ2v) is 9.69. The molecule has 3 rings (SSSR count). The lowest BCUT2D eigenvalue weighted by molar-refractivity contribution is -0.117. The van der Waals surface area contributed by atoms with Crippen molar-refractivity contribution in [2.75, 3.05) is 5.32 Å². The minimum Gasteiger partial charge on any atom is -0.348 e. The molecule has 0 spiro atoms. The van der Waals surface area contributed by atoms with E-state index in [1.54, 1.807) is 32.0 Å². The molecule has 30 heavy (non-hydrogen) atoms. The van der Waals surface area contributed by atoms with E-state index < -0.39 is 15.9 Å². The van der Waals surface area contributed by atoms with Crippen molar-refractivity contribution in [2.45, 2.75) is 44.2 Å². The van der Waals surface area contributed by atoms with Crippen LogP contribution in [0.3, 0.4) is 0 Å². The van der Waals surface area contributed by atoms with E-state index in [4.69, 9.17) is 11.6 Å². The molecule has 0 aliphatic heterocycles. The van der Waals surface area contributed by atoms with E-state index in [1.807, 2.05) is 6.07 Å². The lowest BCUT2D eigenvalue weighted by Crippen LogP contribution is -2.30. The summed E-state index contributed by atoms with van der Waals surface area (Å²) < 4.78 is 27.2. The molecule has 0 atom stereocenters. The van der Waals surface area contributed by atoms with Gasteiger partial charge in [-0.15, -0.1) is 0 Å². The van der Waals surface area contributed by atoms with Crippen LogP contribution in [0.25, 0.3) is 0 Å². The number of anilines is 1. The second kappa shape index (κ2) is 9.16. The van der Waals surface area contributed by atoms with Crippen molar-refractivity contribution in [3.63, 3.8) is 0 Å². The van der Waals surface area contributed by atoms with Gasteiger partial charge in [0.05, 0.1) is 15.5 Å². The van der Waals surface area contributed by atoms with Gasteiger partial charge in [-0.25, -0.2) is 13.1 Å². The monoisotopic (exact) mass is 449 g/mol. The van der Waals surface area contributed by atoms with Crippen molar-refractivity contribution < 1.29 is 18.0 Å². The molecule has 2 aromatic rings. The molecule has 2 amide bonds. The highest BCUT2D eigenvalue weighted by Gasteiger charge is 2.29. The SMILES string of the molecule is CC(C)NS(=O)(=O)c1ccc(Cl)c(C(=O)NCc2cccc(NC(=O)C3CC3)c2)c1. The zero-order chi connectivity index (χ0) is 21.9. The van der Waals surface area contributed by atoms with Crippen LogP contribution < -0.4 is 15.4 Å². The third kappa shape index (κ3) is 5.81. The van der Waals surface area contributed by atoms with Gasteiger partial charge in [-0.05, 0) is 62.6 Å². The normalized spacial score (nSPS) is 13.9. The van der Waals surface area contributed by atoms with E-state index in [2.05, 4.69) is 15.4 Å². The molecule has 9 heteroatoms. The highest BCUT2D eigenvalue weighted by atomic mass is 35.5. The fourth-order valence-electron chi connectivity index (χ4n) is 2.85. The van der Waals surface area contributed by atoms with Gasteiger partial charge in [0.25, 0.3) is 5.91 Å². The first kappa shape index (κ1) is 22.3. The molecule has 0 aromatic heterocycles. The Hall–Kier alpha value is -2.42. The summed E-state index contributed by atoms with van der Waals surface area (Å²) in [4.78, 5) is 24.5. The Labute approximate surface area is 181 Å². The van der Waals surface area contributed by atoms with Crippen LogP contribution in [0, 0.1) is 5.92 Å². The van der Waals surface area contributed by atoms with Crippen LogP contribution in [0.2, 0.25) is 5.02 Å². The van der Waals surface area contributed by atoms with Gasteiger partial charge in [0.2, 0.25) is 15.9 Å². The number of rotatable bonds is 8. The zero-order valence-electron chi connectivity index (χ0n) is 16.7. The van der Waals surface area contributed by atoms with Gasteiger partial charge in [-0.1, -0.05) is 23.7 Å². The number of nitrogens with one attached hydrogen (secondary N) is 3. The number of hydrogen-bond acceptors (Lipinski definition) is 4. The van der Waals surface area contributed by atoms with Crippen LogP contribution in [-0.2, 0) is 21.4 Å². The first-order valence-corrected chi connectivity index (χ1v) is 11.5. The van der Waals surface area contributed by atoms with Crippen LogP contribution in [0.15, 0.2) is 47.4 Å². The van der Waals surface area contributed by atoms with Crippen molar-refractivity contribution in [2.24, 2.45) is 5.92 Å². The molecule has 0 saturated heterocycles. The topological polar surface area (TPSA) is 104 Å². The maximum atomic E-state index is 12.6. The average molecular weight is 450 g/mol. The number of amides is 2. The Morgan fingerprint density at radius 2 is 1.87 bits per heavy atom. The number of carbonyl (C=O) groups excluding carboxylic acids is 2. The predicted molar refractivity (Wildman–Crippen MR) is 116 cm³/mol. The first-order valence-electron chi connectivity index (χ1n) is 9.65. The molecule has 2 aromatic carbocycles. The number of carbonyl (C=O) groups is 2. The number of hydrogen-bond donors (Lipinski definition) is 3. The average Bonchev–Trinajstić information content (AvgIpc) is 3.51. The molecular weight excluding hydrogens is 426 g/mol. The van der Waals surface area contributed by atoms with Gasteiger partial charge in [0.15, 0.2) is 0 Å². The van der Waals surface area contributed by atoms with E-state index in [1.165, 1.54) is 18.2 Å². The summed E-state index contributed by atoms with van der Waals surface area (Å²) in [6, 6.07) is 10.9. The van der Waals surface area contributed by atoms with Gasteiger partial charge in [0.1, 0.15) is 0 Å². The summed E-state index contributed by atoms with van der Waals surface area (Å²) in [6.07, 6.45) is 1.84. The Kier molecular flexibility index (Phi) is 6.80. The fourth-order valence-corrected chi connectivity index (χ4v) is 4.33. The summed E-state index contributed by atoms with van der Waals surface area (Å²) in [6.45, 7) is 3.62. The third-order valence-electron chi connectivity index (χ3n) is 4.48. The summed E-state index contributed by atoms with van der Waals surface area (Å²) >= 11 is 6.12. The van der Waals surface area contributed by atoms with Crippen LogP contribution in [0.1, 0.15) is 42.6 Å². The molecule has 0 bridgehead atoms. The van der Waals surface area contributed by atoms with E-state index in [0.29, 0.717) is 5.69 Å². The summed E-state index contributed by atoms with van der Waals surface area (Å²) in [5.74, 6) is -0.380. The molecule has 0 radical (unpaired) electrons. The Morgan fingerprint density at radius 3 is 2.53 bits per heavy atom. The van der Waals surface area contributed by atoms with Gasteiger partial charge in [-0.2, -0.15) is 0 Å². The molecular formula is C21H24ClN3O4S. The summed E-state index contributed by atoms with van der Waals surface area (Å²) in [5.41, 5.74) is 1.53. The largest absolute Gasteiger partial charge is 0.348 e. The van der Waals surface area contributed by atoms with Crippen molar-refractivity contribution in [3.05, 3.63) is 58.6 Å². The highest BCUT2D eigenvalue weighted by molar-refractivity contribution is 7.89. The molecule has 3 N–H and O–H groups in total. The molecule has 1 aliphatic carbocycles. The Morgan fingerprint density at radius 1 is 1.13 bits per heavy atom. The zero-order valence-corrected chi connectivity index (χ0v) is 18.3. The predicted octanol–water partition coefficient (Wildman–Crippen LogP) is 3.31. The second-order valence-electron chi connectivity index (χ2n) is 7.56. The van der Waals surface area contributed by atoms with Crippen molar-refractivity contribution >= 4 is 39.1 Å². The minimum absolute atomic E-state index is 0.0102. The van der Waals surface area contributed by atoms with Crippen LogP contribution in [-0.4, -0.2) is 26.3 Å². The molecule has 1 fully saturated rings. The van der Waals surface area contributed by atoms with E-state index in [0.717, 1.165) is 18.4 Å². The van der Waals surface area contributed by atoms with Crippen molar-refractivity contribution in [3.8, 4) is 0 Å². The maximum Gasteiger partial charge on any atom is 0.253 e. The molecule has 0 unspecified atom stereocenters.